The van der Waals surface area contributed by atoms with Crippen LogP contribution in [0.3, 0.4) is 0 Å². The van der Waals surface area contributed by atoms with Crippen LogP contribution in [0.4, 0.5) is 4.39 Å². The van der Waals surface area contributed by atoms with Crippen LogP contribution in [-0.4, -0.2) is 25.5 Å². The van der Waals surface area contributed by atoms with Crippen molar-refractivity contribution in [3.05, 3.63) is 35.3 Å². The van der Waals surface area contributed by atoms with Gasteiger partial charge in [-0.2, -0.15) is 0 Å². The van der Waals surface area contributed by atoms with Crippen LogP contribution < -0.4 is 5.32 Å². The van der Waals surface area contributed by atoms with E-state index in [-0.39, 0.29) is 23.2 Å². The van der Waals surface area contributed by atoms with Gasteiger partial charge in [-0.05, 0) is 25.8 Å². The average molecular weight is 335 g/mol. The number of unbranched alkanes of at least 4 members (excludes halogenated alkanes) is 3. The van der Waals surface area contributed by atoms with Gasteiger partial charge in [-0.25, -0.2) is 4.39 Å². The van der Waals surface area contributed by atoms with E-state index in [4.69, 9.17) is 4.42 Å². The SMILES string of the molecule is COC(=O)CCCCCCNC(=O)c1oc2c(F)cccc2c1C. The molecule has 0 saturated heterocycles. The maximum Gasteiger partial charge on any atom is 0.305 e. The van der Waals surface area contributed by atoms with E-state index < -0.39 is 5.82 Å². The molecule has 1 N–H and O–H groups in total. The summed E-state index contributed by atoms with van der Waals surface area (Å²) < 4.78 is 23.6. The summed E-state index contributed by atoms with van der Waals surface area (Å²) in [6, 6.07) is 4.63. The molecular formula is C18H22FNO4. The van der Waals surface area contributed by atoms with E-state index in [0.29, 0.717) is 23.9 Å². The minimum Gasteiger partial charge on any atom is -0.469 e. The van der Waals surface area contributed by atoms with Crippen molar-refractivity contribution < 1.29 is 23.1 Å². The van der Waals surface area contributed by atoms with Crippen LogP contribution in [0.5, 0.6) is 0 Å². The Bertz CT molecular complexity index is 723. The Morgan fingerprint density at radius 2 is 1.96 bits per heavy atom. The topological polar surface area (TPSA) is 68.5 Å². The maximum absolute atomic E-state index is 13.7. The number of ether oxygens (including phenoxy) is 1. The van der Waals surface area contributed by atoms with Crippen LogP contribution in [-0.2, 0) is 9.53 Å². The molecule has 2 aromatic rings. The molecular weight excluding hydrogens is 313 g/mol. The normalized spacial score (nSPS) is 10.8. The van der Waals surface area contributed by atoms with Gasteiger partial charge in [0.05, 0.1) is 7.11 Å². The molecule has 0 aliphatic heterocycles. The lowest BCUT2D eigenvalue weighted by atomic mass is 10.1. The summed E-state index contributed by atoms with van der Waals surface area (Å²) in [6.07, 6.45) is 3.82. The Morgan fingerprint density at radius 1 is 1.21 bits per heavy atom. The van der Waals surface area contributed by atoms with Crippen molar-refractivity contribution in [1.29, 1.82) is 0 Å². The second kappa shape index (κ2) is 8.47. The van der Waals surface area contributed by atoms with Crippen molar-refractivity contribution in [2.75, 3.05) is 13.7 Å². The Labute approximate surface area is 140 Å². The van der Waals surface area contributed by atoms with Gasteiger partial charge < -0.3 is 14.5 Å². The number of fused-ring (bicyclic) bond motifs is 1. The average Bonchev–Trinajstić information content (AvgIpc) is 2.92. The highest BCUT2D eigenvalue weighted by Crippen LogP contribution is 2.27. The van der Waals surface area contributed by atoms with E-state index in [2.05, 4.69) is 10.1 Å². The van der Waals surface area contributed by atoms with Crippen molar-refractivity contribution in [2.24, 2.45) is 0 Å². The van der Waals surface area contributed by atoms with Crippen LogP contribution in [0, 0.1) is 12.7 Å². The van der Waals surface area contributed by atoms with Gasteiger partial charge in [0.1, 0.15) is 0 Å². The Kier molecular flexibility index (Phi) is 6.35. The molecule has 130 valence electrons. The molecule has 0 aliphatic rings. The molecule has 1 aromatic carbocycles. The lowest BCUT2D eigenvalue weighted by Gasteiger charge is -2.04. The van der Waals surface area contributed by atoms with E-state index in [0.717, 1.165) is 25.7 Å². The first-order chi connectivity index (χ1) is 11.5. The molecule has 5 nitrogen and oxygen atoms in total. The van der Waals surface area contributed by atoms with Gasteiger partial charge in [0.25, 0.3) is 5.91 Å². The predicted molar refractivity (Wildman–Crippen MR) is 88.3 cm³/mol. The quantitative estimate of drug-likeness (QED) is 0.589. The molecule has 2 rings (SSSR count). The Hall–Kier alpha value is -2.37. The van der Waals surface area contributed by atoms with Crippen molar-refractivity contribution in [2.45, 2.75) is 39.0 Å². The summed E-state index contributed by atoms with van der Waals surface area (Å²) >= 11 is 0. The molecule has 0 aliphatic carbocycles. The minimum atomic E-state index is -0.472. The number of halogens is 1. The number of hydrogen-bond acceptors (Lipinski definition) is 4. The summed E-state index contributed by atoms with van der Waals surface area (Å²) in [6.45, 7) is 2.25. The van der Waals surface area contributed by atoms with Gasteiger partial charge in [0.15, 0.2) is 17.2 Å². The molecule has 0 spiro atoms. The third-order valence-corrected chi connectivity index (χ3v) is 3.94. The van der Waals surface area contributed by atoms with Crippen molar-refractivity contribution in [3.8, 4) is 0 Å². The number of para-hydroxylation sites is 1. The molecule has 1 heterocycles. The molecule has 0 saturated carbocycles. The lowest BCUT2D eigenvalue weighted by Crippen LogP contribution is -2.24. The van der Waals surface area contributed by atoms with Crippen LogP contribution in [0.2, 0.25) is 0 Å². The number of amides is 1. The van der Waals surface area contributed by atoms with E-state index in [1.54, 1.807) is 19.1 Å². The molecule has 0 radical (unpaired) electrons. The zero-order valence-electron chi connectivity index (χ0n) is 14.0. The third-order valence-electron chi connectivity index (χ3n) is 3.94. The number of aryl methyl sites for hydroxylation is 1. The van der Waals surface area contributed by atoms with E-state index in [1.165, 1.54) is 13.2 Å². The fourth-order valence-corrected chi connectivity index (χ4v) is 2.56. The molecule has 24 heavy (non-hydrogen) atoms. The number of furan rings is 1. The standard InChI is InChI=1S/C18H22FNO4/c1-12-13-8-7-9-14(19)17(13)24-16(12)18(22)20-11-6-4-3-5-10-15(21)23-2/h7-9H,3-6,10-11H2,1-2H3,(H,20,22). The van der Waals surface area contributed by atoms with Gasteiger partial charge in [0, 0.05) is 23.9 Å². The van der Waals surface area contributed by atoms with E-state index in [1.807, 2.05) is 0 Å². The highest BCUT2D eigenvalue weighted by molar-refractivity contribution is 5.98. The number of esters is 1. The van der Waals surface area contributed by atoms with Crippen molar-refractivity contribution >= 4 is 22.8 Å². The molecule has 0 fully saturated rings. The van der Waals surface area contributed by atoms with Gasteiger partial charge in [-0.3, -0.25) is 9.59 Å². The van der Waals surface area contributed by atoms with Gasteiger partial charge >= 0.3 is 5.97 Å². The largest absolute Gasteiger partial charge is 0.469 e. The first kappa shape index (κ1) is 18.0. The van der Waals surface area contributed by atoms with Crippen LogP contribution in [0.1, 0.15) is 48.2 Å². The number of hydrogen-bond donors (Lipinski definition) is 1. The van der Waals surface area contributed by atoms with E-state index in [9.17, 15) is 14.0 Å². The number of carbonyl (C=O) groups excluding carboxylic acids is 2. The lowest BCUT2D eigenvalue weighted by molar-refractivity contribution is -0.140. The molecule has 6 heteroatoms. The number of rotatable bonds is 8. The summed E-state index contributed by atoms with van der Waals surface area (Å²) in [5.41, 5.74) is 0.753. The number of carbonyl (C=O) groups is 2. The van der Waals surface area contributed by atoms with Crippen LogP contribution in [0.15, 0.2) is 22.6 Å². The van der Waals surface area contributed by atoms with Gasteiger partial charge in [-0.1, -0.05) is 25.0 Å². The predicted octanol–water partition coefficient (Wildman–Crippen LogP) is 3.73. The molecule has 1 amide bonds. The molecule has 0 bridgehead atoms. The fourth-order valence-electron chi connectivity index (χ4n) is 2.56. The Morgan fingerprint density at radius 3 is 2.67 bits per heavy atom. The van der Waals surface area contributed by atoms with Gasteiger partial charge in [0.2, 0.25) is 0 Å². The summed E-state index contributed by atoms with van der Waals surface area (Å²) in [5, 5.41) is 3.40. The monoisotopic (exact) mass is 335 g/mol. The second-order valence-electron chi connectivity index (χ2n) is 5.67. The van der Waals surface area contributed by atoms with Gasteiger partial charge in [-0.15, -0.1) is 0 Å². The summed E-state index contributed by atoms with van der Waals surface area (Å²) in [5.74, 6) is -0.852. The second-order valence-corrected chi connectivity index (χ2v) is 5.67. The summed E-state index contributed by atoms with van der Waals surface area (Å²) in [7, 11) is 1.38. The maximum atomic E-state index is 13.7. The number of methoxy groups -OCH3 is 1. The molecule has 1 aromatic heterocycles. The molecule has 0 unspecified atom stereocenters. The minimum absolute atomic E-state index is 0.114. The first-order valence-electron chi connectivity index (χ1n) is 8.07. The molecule has 0 atom stereocenters. The van der Waals surface area contributed by atoms with Crippen LogP contribution >= 0.6 is 0 Å². The number of nitrogens with one attached hydrogen (secondary N) is 1. The van der Waals surface area contributed by atoms with Crippen molar-refractivity contribution in [3.63, 3.8) is 0 Å². The zero-order chi connectivity index (χ0) is 17.5. The zero-order valence-corrected chi connectivity index (χ0v) is 14.0. The highest BCUT2D eigenvalue weighted by atomic mass is 19.1. The Balaban J connectivity index is 1.78. The smallest absolute Gasteiger partial charge is 0.305 e. The third kappa shape index (κ3) is 4.34. The van der Waals surface area contributed by atoms with Crippen LogP contribution in [0.25, 0.3) is 11.0 Å². The van der Waals surface area contributed by atoms with Crippen molar-refractivity contribution in [1.82, 2.24) is 5.32 Å². The van der Waals surface area contributed by atoms with E-state index >= 15 is 0 Å². The highest BCUT2D eigenvalue weighted by Gasteiger charge is 2.18. The fraction of sp³-hybridized carbons (Fsp3) is 0.444. The summed E-state index contributed by atoms with van der Waals surface area (Å²) in [4.78, 5) is 23.1. The first-order valence-corrected chi connectivity index (χ1v) is 8.07. The number of benzene rings is 1.